The summed E-state index contributed by atoms with van der Waals surface area (Å²) in [6.45, 7) is 2.57. The molecule has 17 heavy (non-hydrogen) atoms. The van der Waals surface area contributed by atoms with Crippen molar-refractivity contribution in [1.82, 2.24) is 14.5 Å². The van der Waals surface area contributed by atoms with Gasteiger partial charge in [-0.25, -0.2) is 8.42 Å². The van der Waals surface area contributed by atoms with E-state index < -0.39 is 10.0 Å². The van der Waals surface area contributed by atoms with Gasteiger partial charge in [0.1, 0.15) is 4.90 Å². The van der Waals surface area contributed by atoms with E-state index in [1.807, 2.05) is 0 Å². The summed E-state index contributed by atoms with van der Waals surface area (Å²) in [5.74, 6) is 0.513. The highest BCUT2D eigenvalue weighted by Crippen LogP contribution is 2.44. The zero-order valence-electron chi connectivity index (χ0n) is 9.68. The summed E-state index contributed by atoms with van der Waals surface area (Å²) in [5, 5.41) is 6.40. The molecular formula is C10H16N4O2S. The lowest BCUT2D eigenvalue weighted by atomic mass is 9.88. The minimum atomic E-state index is -3.41. The Labute approximate surface area is 100 Å². The Morgan fingerprint density at radius 3 is 2.65 bits per heavy atom. The highest BCUT2D eigenvalue weighted by molar-refractivity contribution is 7.89. The predicted octanol–water partition coefficient (Wildman–Crippen LogP) is -0.170. The average molecular weight is 256 g/mol. The van der Waals surface area contributed by atoms with Crippen LogP contribution in [-0.2, 0) is 10.0 Å². The van der Waals surface area contributed by atoms with E-state index in [0.717, 1.165) is 12.8 Å². The molecular weight excluding hydrogens is 240 g/mol. The fourth-order valence-electron chi connectivity index (χ4n) is 2.44. The summed E-state index contributed by atoms with van der Waals surface area (Å²) in [4.78, 5) is 0.260. The Bertz CT molecular complexity index is 540. The van der Waals surface area contributed by atoms with Crippen molar-refractivity contribution in [3.8, 4) is 0 Å². The molecule has 1 aliphatic heterocycles. The van der Waals surface area contributed by atoms with E-state index in [1.165, 1.54) is 10.5 Å². The number of nitrogens with one attached hydrogen (secondary N) is 1. The van der Waals surface area contributed by atoms with Crippen molar-refractivity contribution in [3.63, 3.8) is 0 Å². The van der Waals surface area contributed by atoms with E-state index in [1.54, 1.807) is 6.92 Å². The Morgan fingerprint density at radius 1 is 1.53 bits per heavy atom. The normalized spacial score (nSPS) is 24.6. The van der Waals surface area contributed by atoms with Crippen LogP contribution in [0.1, 0.15) is 18.5 Å². The Hall–Kier alpha value is -0.920. The van der Waals surface area contributed by atoms with Crippen molar-refractivity contribution in [2.24, 2.45) is 11.7 Å². The number of aromatic nitrogens is 2. The SMILES string of the molecule is Cc1[nH]ncc1S(=O)(=O)N1CC(N)(C2CC2)C1. The third kappa shape index (κ3) is 1.61. The molecule has 3 rings (SSSR count). The van der Waals surface area contributed by atoms with Crippen molar-refractivity contribution < 1.29 is 8.42 Å². The van der Waals surface area contributed by atoms with Gasteiger partial charge in [-0.05, 0) is 25.7 Å². The summed E-state index contributed by atoms with van der Waals surface area (Å²) in [6, 6.07) is 0. The van der Waals surface area contributed by atoms with E-state index in [-0.39, 0.29) is 10.4 Å². The first-order valence-electron chi connectivity index (χ1n) is 5.72. The highest BCUT2D eigenvalue weighted by Gasteiger charge is 2.54. The molecule has 0 amide bonds. The lowest BCUT2D eigenvalue weighted by Crippen LogP contribution is -2.69. The number of H-pyrrole nitrogens is 1. The Balaban J connectivity index is 1.80. The second kappa shape index (κ2) is 3.30. The van der Waals surface area contributed by atoms with Crippen LogP contribution in [-0.4, -0.2) is 41.5 Å². The number of sulfonamides is 1. The minimum absolute atomic E-state index is 0.260. The second-order valence-electron chi connectivity index (χ2n) is 5.14. The molecule has 0 aromatic carbocycles. The zero-order valence-corrected chi connectivity index (χ0v) is 10.5. The Morgan fingerprint density at radius 2 is 2.18 bits per heavy atom. The third-order valence-electron chi connectivity index (χ3n) is 3.73. The lowest BCUT2D eigenvalue weighted by molar-refractivity contribution is 0.135. The van der Waals surface area contributed by atoms with Crippen LogP contribution in [0.3, 0.4) is 0 Å². The molecule has 0 bridgehead atoms. The summed E-state index contributed by atoms with van der Waals surface area (Å²) < 4.78 is 25.9. The maximum atomic E-state index is 12.2. The van der Waals surface area contributed by atoms with Crippen LogP contribution in [0, 0.1) is 12.8 Å². The molecule has 2 fully saturated rings. The third-order valence-corrected chi connectivity index (χ3v) is 5.64. The summed E-state index contributed by atoms with van der Waals surface area (Å²) in [6.07, 6.45) is 3.63. The zero-order chi connectivity index (χ0) is 12.3. The summed E-state index contributed by atoms with van der Waals surface area (Å²) >= 11 is 0. The number of aryl methyl sites for hydroxylation is 1. The molecule has 7 heteroatoms. The standard InChI is InChI=1S/C10H16N4O2S/c1-7-9(4-12-13-7)17(15,16)14-5-10(11,6-14)8-2-3-8/h4,8H,2-3,5-6,11H2,1H3,(H,12,13). The van der Waals surface area contributed by atoms with E-state index in [0.29, 0.717) is 24.7 Å². The van der Waals surface area contributed by atoms with Crippen LogP contribution < -0.4 is 5.73 Å². The fourth-order valence-corrected chi connectivity index (χ4v) is 4.15. The van der Waals surface area contributed by atoms with E-state index in [2.05, 4.69) is 10.2 Å². The van der Waals surface area contributed by atoms with Gasteiger partial charge in [0.05, 0.1) is 11.9 Å². The molecule has 1 aromatic rings. The van der Waals surface area contributed by atoms with Crippen LogP contribution in [0.25, 0.3) is 0 Å². The van der Waals surface area contributed by atoms with Crippen LogP contribution in [0.4, 0.5) is 0 Å². The van der Waals surface area contributed by atoms with Crippen LogP contribution in [0.15, 0.2) is 11.1 Å². The van der Waals surface area contributed by atoms with Gasteiger partial charge in [0.25, 0.3) is 0 Å². The molecule has 1 saturated heterocycles. The van der Waals surface area contributed by atoms with Gasteiger partial charge < -0.3 is 5.73 Å². The molecule has 2 aliphatic rings. The maximum absolute atomic E-state index is 12.2. The number of nitrogens with zero attached hydrogens (tertiary/aromatic N) is 2. The molecule has 1 aliphatic carbocycles. The molecule has 1 aromatic heterocycles. The molecule has 3 N–H and O–H groups in total. The van der Waals surface area contributed by atoms with Crippen molar-refractivity contribution in [1.29, 1.82) is 0 Å². The largest absolute Gasteiger partial charge is 0.323 e. The van der Waals surface area contributed by atoms with E-state index in [4.69, 9.17) is 5.73 Å². The second-order valence-corrected chi connectivity index (χ2v) is 7.05. The smallest absolute Gasteiger partial charge is 0.246 e. The topological polar surface area (TPSA) is 92.1 Å². The maximum Gasteiger partial charge on any atom is 0.246 e. The lowest BCUT2D eigenvalue weighted by Gasteiger charge is -2.46. The van der Waals surface area contributed by atoms with E-state index in [9.17, 15) is 8.42 Å². The molecule has 0 spiro atoms. The number of hydrogen-bond acceptors (Lipinski definition) is 4. The minimum Gasteiger partial charge on any atom is -0.323 e. The Kier molecular flexibility index (Phi) is 2.17. The molecule has 0 atom stereocenters. The molecule has 0 radical (unpaired) electrons. The quantitative estimate of drug-likeness (QED) is 0.785. The van der Waals surface area contributed by atoms with Crippen LogP contribution >= 0.6 is 0 Å². The first-order valence-corrected chi connectivity index (χ1v) is 7.16. The van der Waals surface area contributed by atoms with Gasteiger partial charge >= 0.3 is 0 Å². The molecule has 94 valence electrons. The molecule has 2 heterocycles. The number of nitrogens with two attached hydrogens (primary N) is 1. The van der Waals surface area contributed by atoms with Crippen LogP contribution in [0.5, 0.6) is 0 Å². The predicted molar refractivity (Wildman–Crippen MR) is 61.7 cm³/mol. The average Bonchev–Trinajstić information content (AvgIpc) is 2.97. The van der Waals surface area contributed by atoms with Gasteiger partial charge in [0.15, 0.2) is 0 Å². The monoisotopic (exact) mass is 256 g/mol. The number of rotatable bonds is 3. The van der Waals surface area contributed by atoms with Gasteiger partial charge in [-0.2, -0.15) is 9.40 Å². The molecule has 6 nitrogen and oxygen atoms in total. The first-order chi connectivity index (χ1) is 7.93. The van der Waals surface area contributed by atoms with Gasteiger partial charge in [-0.15, -0.1) is 0 Å². The van der Waals surface area contributed by atoms with Gasteiger partial charge in [0, 0.05) is 18.6 Å². The van der Waals surface area contributed by atoms with Crippen LogP contribution in [0.2, 0.25) is 0 Å². The summed E-state index contributed by atoms with van der Waals surface area (Å²) in [5.41, 5.74) is 6.45. The fraction of sp³-hybridized carbons (Fsp3) is 0.700. The highest BCUT2D eigenvalue weighted by atomic mass is 32.2. The van der Waals surface area contributed by atoms with Crippen molar-refractivity contribution in [2.45, 2.75) is 30.2 Å². The van der Waals surface area contributed by atoms with Crippen molar-refractivity contribution >= 4 is 10.0 Å². The number of aromatic amines is 1. The van der Waals surface area contributed by atoms with Gasteiger partial charge in [0.2, 0.25) is 10.0 Å². The van der Waals surface area contributed by atoms with Crippen molar-refractivity contribution in [2.75, 3.05) is 13.1 Å². The molecule has 0 unspecified atom stereocenters. The van der Waals surface area contributed by atoms with E-state index >= 15 is 0 Å². The van der Waals surface area contributed by atoms with Crippen molar-refractivity contribution in [3.05, 3.63) is 11.9 Å². The summed E-state index contributed by atoms with van der Waals surface area (Å²) in [7, 11) is -3.41. The van der Waals surface area contributed by atoms with Gasteiger partial charge in [-0.3, -0.25) is 5.10 Å². The first kappa shape index (κ1) is 11.2. The molecule has 1 saturated carbocycles. The number of hydrogen-bond donors (Lipinski definition) is 2. The van der Waals surface area contributed by atoms with Gasteiger partial charge in [-0.1, -0.05) is 0 Å².